The van der Waals surface area contributed by atoms with Crippen molar-refractivity contribution in [2.75, 3.05) is 10.6 Å². The maximum Gasteiger partial charge on any atom is 0.248 e. The summed E-state index contributed by atoms with van der Waals surface area (Å²) >= 11 is 7.22. The largest absolute Gasteiger partial charge is 0.322 e. The number of hydrogen-bond acceptors (Lipinski definition) is 4. The molecule has 0 spiro atoms. The summed E-state index contributed by atoms with van der Waals surface area (Å²) in [6, 6.07) is 12.7. The minimum atomic E-state index is -0.231. The van der Waals surface area contributed by atoms with Crippen LogP contribution in [0.25, 0.3) is 16.3 Å². The van der Waals surface area contributed by atoms with E-state index in [1.54, 1.807) is 24.3 Å². The van der Waals surface area contributed by atoms with Crippen molar-refractivity contribution < 1.29 is 9.59 Å². The molecule has 2 aromatic carbocycles. The van der Waals surface area contributed by atoms with Crippen molar-refractivity contribution in [1.29, 1.82) is 0 Å². The monoisotopic (exact) mass is 399 g/mol. The first kappa shape index (κ1) is 19.1. The number of halogens is 1. The van der Waals surface area contributed by atoms with Crippen molar-refractivity contribution in [3.63, 3.8) is 0 Å². The number of hydrogen-bond donors (Lipinski definition) is 2. The average molecular weight is 400 g/mol. The lowest BCUT2D eigenvalue weighted by Crippen LogP contribution is -2.09. The van der Waals surface area contributed by atoms with Gasteiger partial charge in [0.25, 0.3) is 0 Å². The van der Waals surface area contributed by atoms with Crippen molar-refractivity contribution in [3.8, 4) is 0 Å². The van der Waals surface area contributed by atoms with Crippen LogP contribution in [-0.4, -0.2) is 16.8 Å². The first-order valence-electron chi connectivity index (χ1n) is 8.48. The van der Waals surface area contributed by atoms with Crippen LogP contribution in [0.2, 0.25) is 5.02 Å². The molecule has 0 saturated carbocycles. The standard InChI is InChI=1S/C20H18ClN3O2S/c1-2-3-18(25)24-20-23-16-10-9-15(12-17(16)27-20)22-19(26)11-6-13-4-7-14(21)8-5-13/h4-12H,2-3H2,1H3,(H,22,26)(H,23,24,25)/b11-6+. The predicted octanol–water partition coefficient (Wildman–Crippen LogP) is 5.34. The fraction of sp³-hybridized carbons (Fsp3) is 0.150. The minimum Gasteiger partial charge on any atom is -0.322 e. The van der Waals surface area contributed by atoms with Crippen LogP contribution in [0.1, 0.15) is 25.3 Å². The van der Waals surface area contributed by atoms with E-state index in [-0.39, 0.29) is 11.8 Å². The number of benzene rings is 2. The zero-order valence-corrected chi connectivity index (χ0v) is 16.2. The third-order valence-electron chi connectivity index (χ3n) is 3.68. The van der Waals surface area contributed by atoms with Crippen molar-refractivity contribution in [2.24, 2.45) is 0 Å². The molecular formula is C20H18ClN3O2S. The van der Waals surface area contributed by atoms with Gasteiger partial charge in [0.1, 0.15) is 0 Å². The molecule has 27 heavy (non-hydrogen) atoms. The summed E-state index contributed by atoms with van der Waals surface area (Å²) in [5.74, 6) is -0.275. The molecule has 0 aliphatic rings. The first-order chi connectivity index (χ1) is 13.0. The van der Waals surface area contributed by atoms with Gasteiger partial charge >= 0.3 is 0 Å². The molecule has 3 rings (SSSR count). The molecule has 0 unspecified atom stereocenters. The smallest absolute Gasteiger partial charge is 0.248 e. The molecule has 7 heteroatoms. The van der Waals surface area contributed by atoms with E-state index < -0.39 is 0 Å². The number of aromatic nitrogens is 1. The van der Waals surface area contributed by atoms with E-state index in [1.165, 1.54) is 17.4 Å². The quantitative estimate of drug-likeness (QED) is 0.549. The zero-order valence-electron chi connectivity index (χ0n) is 14.7. The Morgan fingerprint density at radius 3 is 2.67 bits per heavy atom. The number of rotatable bonds is 6. The van der Waals surface area contributed by atoms with E-state index >= 15 is 0 Å². The van der Waals surface area contributed by atoms with E-state index in [9.17, 15) is 9.59 Å². The van der Waals surface area contributed by atoms with Crippen LogP contribution < -0.4 is 10.6 Å². The molecule has 0 atom stereocenters. The summed E-state index contributed by atoms with van der Waals surface area (Å²) in [5.41, 5.74) is 2.34. The molecule has 5 nitrogen and oxygen atoms in total. The number of carbonyl (C=O) groups is 2. The van der Waals surface area contributed by atoms with Gasteiger partial charge in [0.05, 0.1) is 10.2 Å². The second-order valence-corrected chi connectivity index (χ2v) is 7.34. The summed E-state index contributed by atoms with van der Waals surface area (Å²) in [5, 5.41) is 6.84. The van der Waals surface area contributed by atoms with Gasteiger partial charge in [-0.1, -0.05) is 42.0 Å². The van der Waals surface area contributed by atoms with Gasteiger partial charge in [-0.05, 0) is 48.4 Å². The summed E-state index contributed by atoms with van der Waals surface area (Å²) in [6.45, 7) is 1.95. The fourth-order valence-corrected chi connectivity index (χ4v) is 3.44. The molecule has 0 fully saturated rings. The highest BCUT2D eigenvalue weighted by atomic mass is 35.5. The number of anilines is 2. The summed E-state index contributed by atoms with van der Waals surface area (Å²) in [6.07, 6.45) is 4.45. The molecule has 0 bridgehead atoms. The van der Waals surface area contributed by atoms with Crippen LogP contribution in [0.15, 0.2) is 48.5 Å². The van der Waals surface area contributed by atoms with E-state index in [0.29, 0.717) is 22.3 Å². The molecule has 1 heterocycles. The predicted molar refractivity (Wildman–Crippen MR) is 112 cm³/mol. The SMILES string of the molecule is CCCC(=O)Nc1nc2ccc(NC(=O)/C=C/c3ccc(Cl)cc3)cc2s1. The Kier molecular flexibility index (Phi) is 6.21. The molecule has 2 amide bonds. The fourth-order valence-electron chi connectivity index (χ4n) is 2.39. The van der Waals surface area contributed by atoms with Gasteiger partial charge in [0, 0.05) is 23.2 Å². The molecule has 0 radical (unpaired) electrons. The Morgan fingerprint density at radius 2 is 1.93 bits per heavy atom. The van der Waals surface area contributed by atoms with Crippen LogP contribution >= 0.6 is 22.9 Å². The summed E-state index contributed by atoms with van der Waals surface area (Å²) in [4.78, 5) is 28.2. The van der Waals surface area contributed by atoms with Crippen molar-refractivity contribution in [2.45, 2.75) is 19.8 Å². The molecule has 0 aliphatic carbocycles. The Morgan fingerprint density at radius 1 is 1.15 bits per heavy atom. The zero-order chi connectivity index (χ0) is 19.2. The normalized spacial score (nSPS) is 11.0. The molecule has 3 aromatic rings. The molecular weight excluding hydrogens is 382 g/mol. The Balaban J connectivity index is 1.66. The third-order valence-corrected chi connectivity index (χ3v) is 4.86. The Bertz CT molecular complexity index is 996. The molecule has 138 valence electrons. The third kappa shape index (κ3) is 5.39. The summed E-state index contributed by atoms with van der Waals surface area (Å²) in [7, 11) is 0. The van der Waals surface area contributed by atoms with Gasteiger partial charge in [-0.15, -0.1) is 0 Å². The molecule has 0 saturated heterocycles. The summed E-state index contributed by atoms with van der Waals surface area (Å²) < 4.78 is 0.890. The van der Waals surface area contributed by atoms with E-state index in [2.05, 4.69) is 15.6 Å². The second kappa shape index (κ2) is 8.79. The average Bonchev–Trinajstić information content (AvgIpc) is 3.02. The van der Waals surface area contributed by atoms with Crippen LogP contribution in [0.5, 0.6) is 0 Å². The van der Waals surface area contributed by atoms with Crippen molar-refractivity contribution in [3.05, 3.63) is 59.1 Å². The Labute approximate surface area is 166 Å². The second-order valence-electron chi connectivity index (χ2n) is 5.87. The molecule has 0 aliphatic heterocycles. The van der Waals surface area contributed by atoms with Crippen LogP contribution in [0, 0.1) is 0 Å². The number of fused-ring (bicyclic) bond motifs is 1. The number of nitrogens with one attached hydrogen (secondary N) is 2. The van der Waals surface area contributed by atoms with E-state index in [1.807, 2.05) is 31.2 Å². The van der Waals surface area contributed by atoms with Crippen LogP contribution in [0.3, 0.4) is 0 Å². The van der Waals surface area contributed by atoms with E-state index in [0.717, 1.165) is 22.2 Å². The lowest BCUT2D eigenvalue weighted by molar-refractivity contribution is -0.116. The maximum atomic E-state index is 12.1. The van der Waals surface area contributed by atoms with Gasteiger partial charge in [-0.25, -0.2) is 4.98 Å². The molecule has 1 aromatic heterocycles. The number of nitrogens with zero attached hydrogens (tertiary/aromatic N) is 1. The number of amides is 2. The highest BCUT2D eigenvalue weighted by molar-refractivity contribution is 7.22. The van der Waals surface area contributed by atoms with Gasteiger partial charge in [-0.2, -0.15) is 0 Å². The molecule has 2 N–H and O–H groups in total. The van der Waals surface area contributed by atoms with Gasteiger partial charge in [-0.3, -0.25) is 9.59 Å². The highest BCUT2D eigenvalue weighted by Gasteiger charge is 2.08. The minimum absolute atomic E-state index is 0.0441. The maximum absolute atomic E-state index is 12.1. The number of thiazole rings is 1. The van der Waals surface area contributed by atoms with Gasteiger partial charge in [0.15, 0.2) is 5.13 Å². The van der Waals surface area contributed by atoms with Crippen LogP contribution in [0.4, 0.5) is 10.8 Å². The van der Waals surface area contributed by atoms with Crippen molar-refractivity contribution in [1.82, 2.24) is 4.98 Å². The topological polar surface area (TPSA) is 71.1 Å². The highest BCUT2D eigenvalue weighted by Crippen LogP contribution is 2.28. The number of carbonyl (C=O) groups excluding carboxylic acids is 2. The Hall–Kier alpha value is -2.70. The van der Waals surface area contributed by atoms with Crippen molar-refractivity contribution >= 4 is 61.9 Å². The first-order valence-corrected chi connectivity index (χ1v) is 9.68. The van der Waals surface area contributed by atoms with Gasteiger partial charge < -0.3 is 10.6 Å². The van der Waals surface area contributed by atoms with E-state index in [4.69, 9.17) is 11.6 Å². The van der Waals surface area contributed by atoms with Crippen LogP contribution in [-0.2, 0) is 9.59 Å². The van der Waals surface area contributed by atoms with Gasteiger partial charge in [0.2, 0.25) is 11.8 Å². The lowest BCUT2D eigenvalue weighted by atomic mass is 10.2. The lowest BCUT2D eigenvalue weighted by Gasteiger charge is -2.01.